The number of epoxide rings is 1. The first-order valence-electron chi connectivity index (χ1n) is 10.5. The van der Waals surface area contributed by atoms with Gasteiger partial charge in [0, 0.05) is 5.56 Å². The molecule has 158 valence electrons. The summed E-state index contributed by atoms with van der Waals surface area (Å²) in [4.78, 5) is 11.8. The molecule has 3 atom stereocenters. The zero-order chi connectivity index (χ0) is 20.9. The monoisotopic (exact) mass is 410 g/mol. The average molecular weight is 410 g/mol. The van der Waals surface area contributed by atoms with E-state index in [0.29, 0.717) is 6.61 Å². The van der Waals surface area contributed by atoms with Crippen LogP contribution >= 0.6 is 0 Å². The second-order valence-electron chi connectivity index (χ2n) is 8.14. The van der Waals surface area contributed by atoms with Crippen LogP contribution in [-0.2, 0) is 26.3 Å². The number of ether oxygens (including phenoxy) is 5. The highest BCUT2D eigenvalue weighted by atomic mass is 16.7. The van der Waals surface area contributed by atoms with Gasteiger partial charge in [0.2, 0.25) is 6.79 Å². The summed E-state index contributed by atoms with van der Waals surface area (Å²) in [5.74, 6) is 2.20. The summed E-state index contributed by atoms with van der Waals surface area (Å²) >= 11 is 0. The van der Waals surface area contributed by atoms with Crippen LogP contribution in [0, 0.1) is 5.92 Å². The van der Waals surface area contributed by atoms with Gasteiger partial charge < -0.3 is 23.7 Å². The van der Waals surface area contributed by atoms with Crippen molar-refractivity contribution in [2.75, 3.05) is 20.5 Å². The Kier molecular flexibility index (Phi) is 4.62. The number of hydrogen-bond acceptors (Lipinski definition) is 6. The van der Waals surface area contributed by atoms with Gasteiger partial charge in [0.15, 0.2) is 17.1 Å². The highest BCUT2D eigenvalue weighted by Crippen LogP contribution is 2.73. The number of rotatable bonds is 8. The molecule has 6 heteroatoms. The Morgan fingerprint density at radius 2 is 2.07 bits per heavy atom. The molecule has 30 heavy (non-hydrogen) atoms. The SMILES string of the molecule is CCC(C)C(=O)OCCCc1cc(OC)c2c(c1)C1OC21c1ccc2c(c1)OCO2. The van der Waals surface area contributed by atoms with Gasteiger partial charge in [-0.25, -0.2) is 0 Å². The molecule has 0 aromatic heterocycles. The van der Waals surface area contributed by atoms with Crippen molar-refractivity contribution in [1.29, 1.82) is 0 Å². The molecular weight excluding hydrogens is 384 g/mol. The fraction of sp³-hybridized carbons (Fsp3) is 0.458. The van der Waals surface area contributed by atoms with Crippen molar-refractivity contribution in [2.24, 2.45) is 5.92 Å². The molecule has 5 rings (SSSR count). The molecule has 2 aromatic rings. The predicted molar refractivity (Wildman–Crippen MR) is 109 cm³/mol. The lowest BCUT2D eigenvalue weighted by Gasteiger charge is -2.28. The lowest BCUT2D eigenvalue weighted by atomic mass is 9.72. The van der Waals surface area contributed by atoms with E-state index in [2.05, 4.69) is 12.1 Å². The number of fused-ring (bicyclic) bond motifs is 5. The second-order valence-corrected chi connectivity index (χ2v) is 8.14. The fourth-order valence-corrected chi connectivity index (χ4v) is 4.40. The minimum absolute atomic E-state index is 0.0436. The normalized spacial score (nSPS) is 23.1. The standard InChI is InChI=1S/C24H26O6/c1-4-14(2)23(25)27-9-5-6-15-10-17-21(20(11-15)26-3)24(22(17)30-24)16-7-8-18-19(12-16)29-13-28-18/h7-8,10-12,14,22H,4-6,9,13H2,1-3H3. The van der Waals surface area contributed by atoms with Gasteiger partial charge in [0.05, 0.1) is 19.6 Å². The van der Waals surface area contributed by atoms with E-state index < -0.39 is 5.60 Å². The van der Waals surface area contributed by atoms with Crippen molar-refractivity contribution in [3.05, 3.63) is 52.6 Å². The molecule has 2 aromatic carbocycles. The average Bonchev–Trinajstić information content (AvgIpc) is 3.18. The summed E-state index contributed by atoms with van der Waals surface area (Å²) in [5, 5.41) is 0. The smallest absolute Gasteiger partial charge is 0.308 e. The number of esters is 1. The van der Waals surface area contributed by atoms with E-state index in [0.717, 1.165) is 47.6 Å². The zero-order valence-electron chi connectivity index (χ0n) is 17.5. The van der Waals surface area contributed by atoms with Crippen LogP contribution in [0.2, 0.25) is 0 Å². The lowest BCUT2D eigenvalue weighted by molar-refractivity contribution is -0.148. The summed E-state index contributed by atoms with van der Waals surface area (Å²) in [7, 11) is 1.69. The van der Waals surface area contributed by atoms with E-state index in [-0.39, 0.29) is 24.8 Å². The van der Waals surface area contributed by atoms with E-state index in [9.17, 15) is 4.79 Å². The number of methoxy groups -OCH3 is 1. The van der Waals surface area contributed by atoms with Crippen molar-refractivity contribution >= 4 is 5.97 Å². The molecule has 0 amide bonds. The minimum Gasteiger partial charge on any atom is -0.496 e. The largest absolute Gasteiger partial charge is 0.496 e. The molecule has 6 nitrogen and oxygen atoms in total. The third-order valence-corrected chi connectivity index (χ3v) is 6.35. The first-order chi connectivity index (χ1) is 14.6. The first-order valence-corrected chi connectivity index (χ1v) is 10.5. The number of benzene rings is 2. The molecule has 1 fully saturated rings. The topological polar surface area (TPSA) is 66.5 Å². The van der Waals surface area contributed by atoms with E-state index >= 15 is 0 Å². The predicted octanol–water partition coefficient (Wildman–Crippen LogP) is 4.27. The van der Waals surface area contributed by atoms with Crippen LogP contribution in [0.25, 0.3) is 0 Å². The maximum atomic E-state index is 11.8. The number of carbonyl (C=O) groups excluding carboxylic acids is 1. The highest BCUT2D eigenvalue weighted by molar-refractivity contribution is 5.71. The molecule has 0 radical (unpaired) electrons. The summed E-state index contributed by atoms with van der Waals surface area (Å²) in [6.45, 7) is 4.57. The molecule has 0 bridgehead atoms. The van der Waals surface area contributed by atoms with Gasteiger partial charge in [-0.15, -0.1) is 0 Å². The van der Waals surface area contributed by atoms with Crippen LogP contribution < -0.4 is 14.2 Å². The van der Waals surface area contributed by atoms with Gasteiger partial charge in [0.25, 0.3) is 0 Å². The number of hydrogen-bond donors (Lipinski definition) is 0. The Labute approximate surface area is 176 Å². The maximum Gasteiger partial charge on any atom is 0.308 e. The third-order valence-electron chi connectivity index (χ3n) is 6.35. The Morgan fingerprint density at radius 3 is 2.87 bits per heavy atom. The lowest BCUT2D eigenvalue weighted by Crippen LogP contribution is -2.24. The number of aryl methyl sites for hydroxylation is 1. The first kappa shape index (κ1) is 19.2. The fourth-order valence-electron chi connectivity index (χ4n) is 4.40. The second kappa shape index (κ2) is 7.20. The van der Waals surface area contributed by atoms with Crippen molar-refractivity contribution < 1.29 is 28.5 Å². The van der Waals surface area contributed by atoms with Crippen LogP contribution in [0.3, 0.4) is 0 Å². The van der Waals surface area contributed by atoms with Gasteiger partial charge in [-0.3, -0.25) is 4.79 Å². The van der Waals surface area contributed by atoms with Gasteiger partial charge in [-0.05, 0) is 54.2 Å². The van der Waals surface area contributed by atoms with Crippen molar-refractivity contribution in [2.45, 2.75) is 44.8 Å². The van der Waals surface area contributed by atoms with Crippen molar-refractivity contribution in [1.82, 2.24) is 0 Å². The Bertz CT molecular complexity index is 999. The van der Waals surface area contributed by atoms with Gasteiger partial charge in [0.1, 0.15) is 11.9 Å². The summed E-state index contributed by atoms with van der Waals surface area (Å²) in [6.07, 6.45) is 2.45. The quantitative estimate of drug-likeness (QED) is 0.368. The van der Waals surface area contributed by atoms with E-state index in [1.807, 2.05) is 32.0 Å². The van der Waals surface area contributed by atoms with E-state index in [1.165, 1.54) is 11.1 Å². The van der Waals surface area contributed by atoms with E-state index in [1.54, 1.807) is 7.11 Å². The Morgan fingerprint density at radius 1 is 1.23 bits per heavy atom. The molecule has 1 saturated heterocycles. The molecule has 0 N–H and O–H groups in total. The zero-order valence-corrected chi connectivity index (χ0v) is 17.5. The van der Waals surface area contributed by atoms with Crippen molar-refractivity contribution in [3.63, 3.8) is 0 Å². The van der Waals surface area contributed by atoms with Gasteiger partial charge in [-0.2, -0.15) is 0 Å². The van der Waals surface area contributed by atoms with Gasteiger partial charge >= 0.3 is 5.97 Å². The summed E-state index contributed by atoms with van der Waals surface area (Å²) < 4.78 is 28.2. The molecule has 1 aliphatic carbocycles. The number of carbonyl (C=O) groups is 1. The molecule has 3 unspecified atom stereocenters. The van der Waals surface area contributed by atoms with Crippen LogP contribution in [0.1, 0.15) is 55.0 Å². The third kappa shape index (κ3) is 2.85. The van der Waals surface area contributed by atoms with Crippen LogP contribution in [-0.4, -0.2) is 26.5 Å². The Hall–Kier alpha value is -2.73. The van der Waals surface area contributed by atoms with Crippen LogP contribution in [0.5, 0.6) is 17.2 Å². The van der Waals surface area contributed by atoms with Crippen molar-refractivity contribution in [3.8, 4) is 17.2 Å². The molecule has 2 aliphatic heterocycles. The van der Waals surface area contributed by atoms with Gasteiger partial charge in [-0.1, -0.05) is 26.0 Å². The maximum absolute atomic E-state index is 11.8. The highest BCUT2D eigenvalue weighted by Gasteiger charge is 2.71. The molecule has 0 spiro atoms. The molecular formula is C24H26O6. The minimum atomic E-state index is -0.438. The summed E-state index contributed by atoms with van der Waals surface area (Å²) in [5.41, 5.74) is 4.07. The molecule has 0 saturated carbocycles. The van der Waals surface area contributed by atoms with Crippen LogP contribution in [0.4, 0.5) is 0 Å². The summed E-state index contributed by atoms with van der Waals surface area (Å²) in [6, 6.07) is 10.2. The Balaban J connectivity index is 1.30. The molecule has 2 heterocycles. The van der Waals surface area contributed by atoms with Crippen LogP contribution in [0.15, 0.2) is 30.3 Å². The van der Waals surface area contributed by atoms with E-state index in [4.69, 9.17) is 23.7 Å². The molecule has 3 aliphatic rings.